The van der Waals surface area contributed by atoms with E-state index in [9.17, 15) is 18.0 Å². The second-order valence-corrected chi connectivity index (χ2v) is 8.45. The molecule has 0 saturated carbocycles. The lowest BCUT2D eigenvalue weighted by molar-refractivity contribution is -0.173. The monoisotopic (exact) mass is 463 g/mol. The number of rotatable bonds is 8. The summed E-state index contributed by atoms with van der Waals surface area (Å²) in [6, 6.07) is 1.15. The molecule has 1 aliphatic rings. The first-order valence-corrected chi connectivity index (χ1v) is 11.2. The zero-order chi connectivity index (χ0) is 21.9. The van der Waals surface area contributed by atoms with E-state index in [1.165, 1.54) is 11.3 Å². The van der Waals surface area contributed by atoms with E-state index in [1.54, 1.807) is 12.1 Å². The highest BCUT2D eigenvalue weighted by atomic mass is 35.5. The van der Waals surface area contributed by atoms with E-state index in [-0.39, 0.29) is 23.0 Å². The Bertz CT molecular complexity index is 851. The van der Waals surface area contributed by atoms with E-state index in [0.717, 1.165) is 35.6 Å². The molecule has 2 aromatic heterocycles. The van der Waals surface area contributed by atoms with E-state index < -0.39 is 24.2 Å². The van der Waals surface area contributed by atoms with Crippen molar-refractivity contribution in [2.75, 3.05) is 31.5 Å². The maximum Gasteiger partial charge on any atom is 0.410 e. The quantitative estimate of drug-likeness (QED) is 0.556. The van der Waals surface area contributed by atoms with Crippen LogP contribution in [0.15, 0.2) is 17.5 Å². The number of carbonyl (C=O) groups is 1. The first-order chi connectivity index (χ1) is 14.3. The van der Waals surface area contributed by atoms with Gasteiger partial charge in [-0.1, -0.05) is 31.5 Å². The number of hydrogen-bond donors (Lipinski definition) is 2. The third kappa shape index (κ3) is 4.92. The van der Waals surface area contributed by atoms with Crippen molar-refractivity contribution in [3.05, 3.63) is 33.1 Å². The maximum absolute atomic E-state index is 13.7. The van der Waals surface area contributed by atoms with Gasteiger partial charge in [-0.3, -0.25) is 4.79 Å². The Balaban J connectivity index is 1.77. The summed E-state index contributed by atoms with van der Waals surface area (Å²) in [5, 5.41) is 11.4. The van der Waals surface area contributed by atoms with E-state index >= 15 is 0 Å². The third-order valence-corrected chi connectivity index (χ3v) is 6.57. The van der Waals surface area contributed by atoms with Gasteiger partial charge in [-0.05, 0) is 37.5 Å². The minimum absolute atomic E-state index is 0.0249. The Labute approximate surface area is 182 Å². The SMILES string of the molecule is CCN(CC)CCCNC(=O)c1nn2c(c1Cl)NC(c1cccs1)CC2C(F)(F)F. The molecule has 3 heterocycles. The number of aromatic nitrogens is 2. The van der Waals surface area contributed by atoms with Gasteiger partial charge in [-0.25, -0.2) is 4.68 Å². The van der Waals surface area contributed by atoms with Gasteiger partial charge < -0.3 is 15.5 Å². The Morgan fingerprint density at radius 1 is 1.43 bits per heavy atom. The smallest absolute Gasteiger partial charge is 0.361 e. The van der Waals surface area contributed by atoms with Gasteiger partial charge in [0.25, 0.3) is 5.91 Å². The van der Waals surface area contributed by atoms with Crippen LogP contribution in [0.4, 0.5) is 19.0 Å². The molecule has 30 heavy (non-hydrogen) atoms. The molecule has 1 aliphatic heterocycles. The molecule has 2 N–H and O–H groups in total. The Morgan fingerprint density at radius 2 is 2.17 bits per heavy atom. The van der Waals surface area contributed by atoms with Gasteiger partial charge in [0.2, 0.25) is 0 Å². The van der Waals surface area contributed by atoms with Gasteiger partial charge in [0, 0.05) is 17.8 Å². The number of carbonyl (C=O) groups excluding carboxylic acids is 1. The van der Waals surface area contributed by atoms with Crippen LogP contribution >= 0.6 is 22.9 Å². The Kier molecular flexibility index (Phi) is 7.30. The van der Waals surface area contributed by atoms with E-state index in [1.807, 2.05) is 5.38 Å². The highest BCUT2D eigenvalue weighted by molar-refractivity contribution is 7.10. The van der Waals surface area contributed by atoms with E-state index in [0.29, 0.717) is 6.54 Å². The number of alkyl halides is 3. The first kappa shape index (κ1) is 22.9. The Morgan fingerprint density at radius 3 is 2.77 bits per heavy atom. The van der Waals surface area contributed by atoms with Crippen molar-refractivity contribution >= 4 is 34.7 Å². The van der Waals surface area contributed by atoms with Crippen LogP contribution in [-0.2, 0) is 0 Å². The molecule has 2 aromatic rings. The summed E-state index contributed by atoms with van der Waals surface area (Å²) in [4.78, 5) is 15.5. The topological polar surface area (TPSA) is 62.2 Å². The molecule has 0 bridgehead atoms. The Hall–Kier alpha value is -1.78. The minimum atomic E-state index is -4.51. The fraction of sp³-hybridized carbons (Fsp3) is 0.579. The lowest BCUT2D eigenvalue weighted by Gasteiger charge is -2.32. The van der Waals surface area contributed by atoms with Crippen LogP contribution in [-0.4, -0.2) is 52.9 Å². The lowest BCUT2D eigenvalue weighted by atomic mass is 10.0. The second kappa shape index (κ2) is 9.57. The van der Waals surface area contributed by atoms with Gasteiger partial charge in [0.05, 0.1) is 6.04 Å². The van der Waals surface area contributed by atoms with Crippen molar-refractivity contribution in [1.82, 2.24) is 20.0 Å². The molecular formula is C19H25ClF3N5OS. The fourth-order valence-corrected chi connectivity index (χ4v) is 4.59. The van der Waals surface area contributed by atoms with E-state index in [4.69, 9.17) is 11.6 Å². The van der Waals surface area contributed by atoms with Crippen molar-refractivity contribution in [2.45, 2.75) is 44.9 Å². The summed E-state index contributed by atoms with van der Waals surface area (Å²) in [7, 11) is 0. The number of fused-ring (bicyclic) bond motifs is 1. The van der Waals surface area contributed by atoms with Crippen molar-refractivity contribution in [1.29, 1.82) is 0 Å². The minimum Gasteiger partial charge on any atom is -0.361 e. The highest BCUT2D eigenvalue weighted by Crippen LogP contribution is 2.46. The van der Waals surface area contributed by atoms with Crippen LogP contribution < -0.4 is 10.6 Å². The number of thiophene rings is 1. The van der Waals surface area contributed by atoms with Crippen molar-refractivity contribution in [3.8, 4) is 0 Å². The van der Waals surface area contributed by atoms with Crippen LogP contribution in [0.3, 0.4) is 0 Å². The highest BCUT2D eigenvalue weighted by Gasteiger charge is 2.48. The van der Waals surface area contributed by atoms with E-state index in [2.05, 4.69) is 34.5 Å². The van der Waals surface area contributed by atoms with Crippen LogP contribution in [0.25, 0.3) is 0 Å². The average molecular weight is 464 g/mol. The fourth-order valence-electron chi connectivity index (χ4n) is 3.54. The number of halogens is 4. The molecule has 0 saturated heterocycles. The molecular weight excluding hydrogens is 439 g/mol. The zero-order valence-electron chi connectivity index (χ0n) is 16.8. The predicted molar refractivity (Wildman–Crippen MR) is 112 cm³/mol. The van der Waals surface area contributed by atoms with Gasteiger partial charge in [0.1, 0.15) is 10.8 Å². The van der Waals surface area contributed by atoms with Gasteiger partial charge in [-0.15, -0.1) is 11.3 Å². The van der Waals surface area contributed by atoms with Crippen molar-refractivity contribution < 1.29 is 18.0 Å². The standard InChI is InChI=1S/C19H25ClF3N5OS/c1-3-27(4-2)9-6-8-24-18(29)16-15(20)17-25-12(13-7-5-10-30-13)11-14(19(21,22)23)28(17)26-16/h5,7,10,12,14,25H,3-4,6,8-9,11H2,1-2H3,(H,24,29). The van der Waals surface area contributed by atoms with Crippen molar-refractivity contribution in [2.24, 2.45) is 0 Å². The van der Waals surface area contributed by atoms with Crippen LogP contribution in [0.1, 0.15) is 54.1 Å². The van der Waals surface area contributed by atoms with Crippen LogP contribution in [0.5, 0.6) is 0 Å². The third-order valence-electron chi connectivity index (χ3n) is 5.23. The summed E-state index contributed by atoms with van der Waals surface area (Å²) < 4.78 is 42.0. The van der Waals surface area contributed by atoms with Crippen molar-refractivity contribution in [3.63, 3.8) is 0 Å². The van der Waals surface area contributed by atoms with Crippen LogP contribution in [0, 0.1) is 0 Å². The number of nitrogens with one attached hydrogen (secondary N) is 2. The summed E-state index contributed by atoms with van der Waals surface area (Å²) in [6.45, 7) is 7.17. The summed E-state index contributed by atoms with van der Waals surface area (Å²) >= 11 is 7.68. The van der Waals surface area contributed by atoms with Gasteiger partial charge >= 0.3 is 6.18 Å². The lowest BCUT2D eigenvalue weighted by Crippen LogP contribution is -2.35. The largest absolute Gasteiger partial charge is 0.410 e. The number of hydrogen-bond acceptors (Lipinski definition) is 5. The average Bonchev–Trinajstić information content (AvgIpc) is 3.35. The molecule has 2 atom stereocenters. The molecule has 2 unspecified atom stereocenters. The molecule has 0 aliphatic carbocycles. The summed E-state index contributed by atoms with van der Waals surface area (Å²) in [5.41, 5.74) is -0.192. The molecule has 6 nitrogen and oxygen atoms in total. The second-order valence-electron chi connectivity index (χ2n) is 7.10. The number of anilines is 1. The molecule has 0 radical (unpaired) electrons. The summed E-state index contributed by atoms with van der Waals surface area (Å²) in [5.74, 6) is -0.547. The molecule has 0 fully saturated rings. The predicted octanol–water partition coefficient (Wildman–Crippen LogP) is 4.72. The normalized spacial score (nSPS) is 18.9. The molecule has 0 aromatic carbocycles. The zero-order valence-corrected chi connectivity index (χ0v) is 18.4. The number of nitrogens with zero attached hydrogens (tertiary/aromatic N) is 3. The first-order valence-electron chi connectivity index (χ1n) is 9.91. The number of amides is 1. The maximum atomic E-state index is 13.7. The molecule has 1 amide bonds. The van der Waals surface area contributed by atoms with Gasteiger partial charge in [-0.2, -0.15) is 18.3 Å². The molecule has 11 heteroatoms. The summed E-state index contributed by atoms with van der Waals surface area (Å²) in [6.07, 6.45) is -4.01. The molecule has 166 valence electrons. The van der Waals surface area contributed by atoms with Gasteiger partial charge in [0.15, 0.2) is 11.7 Å². The molecule has 0 spiro atoms. The molecule has 3 rings (SSSR count). The van der Waals surface area contributed by atoms with Crippen LogP contribution in [0.2, 0.25) is 5.02 Å².